The lowest BCUT2D eigenvalue weighted by atomic mass is 10.1. The molecule has 3 aliphatic rings. The fourth-order valence-electron chi connectivity index (χ4n) is 4.99. The van der Waals surface area contributed by atoms with Crippen LogP contribution in [0.4, 0.5) is 16.3 Å². The van der Waals surface area contributed by atoms with Crippen LogP contribution >= 0.6 is 0 Å². The average Bonchev–Trinajstić information content (AvgIpc) is 3.32. The van der Waals surface area contributed by atoms with Gasteiger partial charge in [0.25, 0.3) is 0 Å². The molecular formula is C24H31N5O. The predicted octanol–water partition coefficient (Wildman–Crippen LogP) is 3.82. The van der Waals surface area contributed by atoms with Crippen LogP contribution in [0.25, 0.3) is 0 Å². The second-order valence-corrected chi connectivity index (χ2v) is 8.82. The molecule has 2 heterocycles. The standard InChI is InChI=1S/C24H31N5O/c30-24(27-22-16-21(22)18-6-2-1-3-7-18)26-19-10-11-23(25-17-19)29-14-12-28(13-15-29)20-8-4-5-9-20/h1-3,6-7,10-11,17,20-22H,4-5,8-9,12-16H2,(H2,26,27,30)/t21-,22+/m0/s1. The van der Waals surface area contributed by atoms with Crippen molar-refractivity contribution in [2.45, 2.75) is 50.1 Å². The van der Waals surface area contributed by atoms with E-state index in [0.29, 0.717) is 5.92 Å². The topological polar surface area (TPSA) is 60.5 Å². The fourth-order valence-corrected chi connectivity index (χ4v) is 4.99. The SMILES string of the molecule is O=C(Nc1ccc(N2CCN(C3CCCC3)CC2)nc1)N[C@@H]1C[C@H]1c1ccccc1. The van der Waals surface area contributed by atoms with E-state index in [9.17, 15) is 4.79 Å². The number of nitrogens with one attached hydrogen (secondary N) is 2. The lowest BCUT2D eigenvalue weighted by Gasteiger charge is -2.38. The highest BCUT2D eigenvalue weighted by Gasteiger charge is 2.39. The molecule has 6 nitrogen and oxygen atoms in total. The molecule has 3 fully saturated rings. The molecule has 0 bridgehead atoms. The van der Waals surface area contributed by atoms with Gasteiger partial charge in [0.15, 0.2) is 0 Å². The fraction of sp³-hybridized carbons (Fsp3) is 0.500. The molecule has 1 aromatic heterocycles. The largest absolute Gasteiger partial charge is 0.354 e. The summed E-state index contributed by atoms with van der Waals surface area (Å²) in [5, 5.41) is 5.99. The van der Waals surface area contributed by atoms with Gasteiger partial charge in [-0.15, -0.1) is 0 Å². The maximum atomic E-state index is 12.3. The number of anilines is 2. The number of aromatic nitrogens is 1. The van der Waals surface area contributed by atoms with Crippen LogP contribution in [0.2, 0.25) is 0 Å². The molecule has 2 saturated carbocycles. The lowest BCUT2D eigenvalue weighted by Crippen LogP contribution is -2.49. The monoisotopic (exact) mass is 405 g/mol. The number of carbonyl (C=O) groups is 1. The molecule has 1 aromatic carbocycles. The summed E-state index contributed by atoms with van der Waals surface area (Å²) in [4.78, 5) is 21.9. The van der Waals surface area contributed by atoms with Gasteiger partial charge in [0.05, 0.1) is 11.9 Å². The van der Waals surface area contributed by atoms with Crippen molar-refractivity contribution in [2.24, 2.45) is 0 Å². The predicted molar refractivity (Wildman–Crippen MR) is 120 cm³/mol. The Kier molecular flexibility index (Phi) is 5.58. The molecule has 1 saturated heterocycles. The normalized spacial score (nSPS) is 24.6. The zero-order chi connectivity index (χ0) is 20.3. The Balaban J connectivity index is 1.09. The van der Waals surface area contributed by atoms with Crippen molar-refractivity contribution in [1.82, 2.24) is 15.2 Å². The molecule has 6 heteroatoms. The quantitative estimate of drug-likeness (QED) is 0.794. The third kappa shape index (κ3) is 4.43. The highest BCUT2D eigenvalue weighted by molar-refractivity contribution is 5.89. The van der Waals surface area contributed by atoms with Crippen LogP contribution in [-0.2, 0) is 0 Å². The summed E-state index contributed by atoms with van der Waals surface area (Å²) in [7, 11) is 0. The van der Waals surface area contributed by atoms with Crippen molar-refractivity contribution in [3.05, 3.63) is 54.2 Å². The van der Waals surface area contributed by atoms with E-state index in [2.05, 4.69) is 37.6 Å². The maximum absolute atomic E-state index is 12.3. The van der Waals surface area contributed by atoms with Gasteiger partial charge in [0.2, 0.25) is 0 Å². The van der Waals surface area contributed by atoms with E-state index in [0.717, 1.165) is 50.1 Å². The minimum absolute atomic E-state index is 0.154. The van der Waals surface area contributed by atoms with Crippen LogP contribution in [0.5, 0.6) is 0 Å². The highest BCUT2D eigenvalue weighted by Crippen LogP contribution is 2.40. The van der Waals surface area contributed by atoms with E-state index in [1.165, 1.54) is 31.2 Å². The average molecular weight is 406 g/mol. The van der Waals surface area contributed by atoms with Crippen LogP contribution in [-0.4, -0.2) is 54.2 Å². The van der Waals surface area contributed by atoms with Gasteiger partial charge in [0, 0.05) is 44.2 Å². The van der Waals surface area contributed by atoms with Crippen molar-refractivity contribution >= 4 is 17.5 Å². The summed E-state index contributed by atoms with van der Waals surface area (Å²) in [6, 6.07) is 15.2. The molecule has 0 radical (unpaired) electrons. The zero-order valence-electron chi connectivity index (χ0n) is 17.5. The molecule has 0 spiro atoms. The summed E-state index contributed by atoms with van der Waals surface area (Å²) in [6.07, 6.45) is 8.28. The Morgan fingerprint density at radius 3 is 2.43 bits per heavy atom. The second-order valence-electron chi connectivity index (χ2n) is 8.82. The summed E-state index contributed by atoms with van der Waals surface area (Å²) in [6.45, 7) is 4.30. The smallest absolute Gasteiger partial charge is 0.319 e. The van der Waals surface area contributed by atoms with Gasteiger partial charge in [-0.1, -0.05) is 43.2 Å². The number of benzene rings is 1. The van der Waals surface area contributed by atoms with Crippen molar-refractivity contribution in [3.63, 3.8) is 0 Å². The number of urea groups is 1. The van der Waals surface area contributed by atoms with E-state index in [1.807, 2.05) is 30.3 Å². The van der Waals surface area contributed by atoms with Crippen LogP contribution in [0.1, 0.15) is 43.6 Å². The zero-order valence-corrected chi connectivity index (χ0v) is 17.5. The second kappa shape index (κ2) is 8.64. The third-order valence-corrected chi connectivity index (χ3v) is 6.82. The first-order valence-electron chi connectivity index (χ1n) is 11.3. The summed E-state index contributed by atoms with van der Waals surface area (Å²) in [5.74, 6) is 1.43. The van der Waals surface area contributed by atoms with Crippen molar-refractivity contribution in [3.8, 4) is 0 Å². The number of amides is 2. The number of rotatable bonds is 5. The first-order chi connectivity index (χ1) is 14.8. The number of piperazine rings is 1. The minimum Gasteiger partial charge on any atom is -0.354 e. The number of hydrogen-bond donors (Lipinski definition) is 2. The molecule has 1 aliphatic heterocycles. The van der Waals surface area contributed by atoms with E-state index in [1.54, 1.807) is 6.20 Å². The van der Waals surface area contributed by atoms with Crippen molar-refractivity contribution in [1.29, 1.82) is 0 Å². The van der Waals surface area contributed by atoms with E-state index >= 15 is 0 Å². The van der Waals surface area contributed by atoms with Gasteiger partial charge in [-0.3, -0.25) is 4.90 Å². The molecule has 5 rings (SSSR count). The number of pyridine rings is 1. The van der Waals surface area contributed by atoms with Crippen LogP contribution in [0.15, 0.2) is 48.7 Å². The van der Waals surface area contributed by atoms with Crippen LogP contribution in [0, 0.1) is 0 Å². The Morgan fingerprint density at radius 1 is 0.967 bits per heavy atom. The van der Waals surface area contributed by atoms with Crippen molar-refractivity contribution < 1.29 is 4.79 Å². The molecule has 2 amide bonds. The molecule has 158 valence electrons. The Morgan fingerprint density at radius 2 is 1.73 bits per heavy atom. The van der Waals surface area contributed by atoms with Gasteiger partial charge in [0.1, 0.15) is 5.82 Å². The summed E-state index contributed by atoms with van der Waals surface area (Å²) < 4.78 is 0. The van der Waals surface area contributed by atoms with Gasteiger partial charge >= 0.3 is 6.03 Å². The molecular weight excluding hydrogens is 374 g/mol. The minimum atomic E-state index is -0.154. The Bertz CT molecular complexity index is 842. The highest BCUT2D eigenvalue weighted by atomic mass is 16.2. The number of nitrogens with zero attached hydrogens (tertiary/aromatic N) is 3. The molecule has 30 heavy (non-hydrogen) atoms. The molecule has 2 aromatic rings. The Labute approximate surface area is 178 Å². The van der Waals surface area contributed by atoms with E-state index < -0.39 is 0 Å². The third-order valence-electron chi connectivity index (χ3n) is 6.82. The van der Waals surface area contributed by atoms with E-state index in [4.69, 9.17) is 0 Å². The number of hydrogen-bond acceptors (Lipinski definition) is 4. The van der Waals surface area contributed by atoms with Gasteiger partial charge in [-0.05, 0) is 37.0 Å². The summed E-state index contributed by atoms with van der Waals surface area (Å²) in [5.41, 5.74) is 2.03. The molecule has 2 N–H and O–H groups in total. The van der Waals surface area contributed by atoms with Gasteiger partial charge < -0.3 is 15.5 Å². The molecule has 0 unspecified atom stereocenters. The van der Waals surface area contributed by atoms with Gasteiger partial charge in [-0.2, -0.15) is 0 Å². The summed E-state index contributed by atoms with van der Waals surface area (Å²) >= 11 is 0. The van der Waals surface area contributed by atoms with Crippen LogP contribution in [0.3, 0.4) is 0 Å². The molecule has 2 atom stereocenters. The molecule has 2 aliphatic carbocycles. The van der Waals surface area contributed by atoms with E-state index in [-0.39, 0.29) is 12.1 Å². The lowest BCUT2D eigenvalue weighted by molar-refractivity contribution is 0.187. The number of carbonyl (C=O) groups excluding carboxylic acids is 1. The first-order valence-corrected chi connectivity index (χ1v) is 11.3. The maximum Gasteiger partial charge on any atom is 0.319 e. The van der Waals surface area contributed by atoms with Gasteiger partial charge in [-0.25, -0.2) is 9.78 Å². The van der Waals surface area contributed by atoms with Crippen LogP contribution < -0.4 is 15.5 Å². The Hall–Kier alpha value is -2.60. The first kappa shape index (κ1) is 19.4. The van der Waals surface area contributed by atoms with Crippen molar-refractivity contribution in [2.75, 3.05) is 36.4 Å².